The maximum absolute atomic E-state index is 6.11. The Hall–Kier alpha value is -2.93. The van der Waals surface area contributed by atoms with Crippen molar-refractivity contribution in [3.63, 3.8) is 0 Å². The molecule has 0 spiro atoms. The molecule has 1 unspecified atom stereocenters. The smallest absolute Gasteiger partial charge is 0.213 e. The Morgan fingerprint density at radius 2 is 1.88 bits per heavy atom. The number of benzene rings is 1. The van der Waals surface area contributed by atoms with E-state index in [1.165, 1.54) is 11.3 Å². The van der Waals surface area contributed by atoms with Gasteiger partial charge in [-0.2, -0.15) is 0 Å². The van der Waals surface area contributed by atoms with Crippen molar-refractivity contribution in [3.8, 4) is 17.3 Å². The molecule has 174 valence electrons. The molecule has 0 amide bonds. The summed E-state index contributed by atoms with van der Waals surface area (Å²) >= 11 is 0. The van der Waals surface area contributed by atoms with Gasteiger partial charge in [-0.05, 0) is 61.9 Å². The largest absolute Gasteiger partial charge is 0.497 e. The number of pyridine rings is 1. The highest BCUT2D eigenvalue weighted by atomic mass is 16.5. The lowest BCUT2D eigenvalue weighted by Crippen LogP contribution is -2.37. The van der Waals surface area contributed by atoms with Crippen LogP contribution in [-0.2, 0) is 12.8 Å². The molecule has 3 aromatic rings. The van der Waals surface area contributed by atoms with E-state index in [9.17, 15) is 0 Å². The second-order valence-corrected chi connectivity index (χ2v) is 9.49. The van der Waals surface area contributed by atoms with Gasteiger partial charge in [0, 0.05) is 36.7 Å². The normalized spacial score (nSPS) is 22.4. The molecule has 2 aromatic heterocycles. The van der Waals surface area contributed by atoms with Crippen LogP contribution >= 0.6 is 0 Å². The summed E-state index contributed by atoms with van der Waals surface area (Å²) < 4.78 is 14.0. The van der Waals surface area contributed by atoms with Gasteiger partial charge >= 0.3 is 0 Å². The lowest BCUT2D eigenvalue weighted by atomic mass is 9.86. The third-order valence-corrected chi connectivity index (χ3v) is 6.71. The third-order valence-electron chi connectivity index (χ3n) is 6.71. The molecule has 1 N–H and O–H groups in total. The van der Waals surface area contributed by atoms with Gasteiger partial charge in [0.25, 0.3) is 0 Å². The van der Waals surface area contributed by atoms with Crippen LogP contribution < -0.4 is 14.8 Å². The molecule has 0 radical (unpaired) electrons. The van der Waals surface area contributed by atoms with Crippen LogP contribution in [0.3, 0.4) is 0 Å². The highest BCUT2D eigenvalue weighted by Gasteiger charge is 2.32. The van der Waals surface area contributed by atoms with Crippen LogP contribution in [0.15, 0.2) is 42.6 Å². The molecular formula is C26H33N5O2. The number of fused-ring (bicyclic) bond motifs is 3. The highest BCUT2D eigenvalue weighted by Crippen LogP contribution is 2.37. The average molecular weight is 448 g/mol. The van der Waals surface area contributed by atoms with Gasteiger partial charge in [0.05, 0.1) is 12.8 Å². The van der Waals surface area contributed by atoms with Crippen molar-refractivity contribution in [2.75, 3.05) is 7.11 Å². The zero-order valence-electron chi connectivity index (χ0n) is 19.7. The molecule has 0 bridgehead atoms. The standard InChI is InChI=1S/C26H33N5O2/c1-17(2)28-20-14-19-15-22(32-3)11-12-23(19)31-24(16-20)29-30-26(31)18-7-9-21(10-8-18)33-25-6-4-5-13-27-25/h4-6,11-13,15,17-18,20-21,28H,7-10,14,16H2,1-3H3/t18-,20?,21-. The number of ether oxygens (including phenoxy) is 2. The molecule has 5 rings (SSSR count). The maximum Gasteiger partial charge on any atom is 0.213 e. The van der Waals surface area contributed by atoms with Gasteiger partial charge in [-0.15, -0.1) is 10.2 Å². The molecule has 7 nitrogen and oxygen atoms in total. The van der Waals surface area contributed by atoms with Crippen LogP contribution in [0.1, 0.15) is 62.7 Å². The number of hydrogen-bond donors (Lipinski definition) is 1. The Morgan fingerprint density at radius 3 is 2.61 bits per heavy atom. The van der Waals surface area contributed by atoms with E-state index in [1.807, 2.05) is 24.3 Å². The van der Waals surface area contributed by atoms with Crippen molar-refractivity contribution < 1.29 is 9.47 Å². The Morgan fingerprint density at radius 1 is 1.03 bits per heavy atom. The first kappa shape index (κ1) is 21.9. The molecule has 1 atom stereocenters. The molecule has 7 heteroatoms. The van der Waals surface area contributed by atoms with Gasteiger partial charge in [0.15, 0.2) is 0 Å². The minimum absolute atomic E-state index is 0.207. The summed E-state index contributed by atoms with van der Waals surface area (Å²) in [5, 5.41) is 13.1. The molecule has 1 fully saturated rings. The van der Waals surface area contributed by atoms with E-state index < -0.39 is 0 Å². The van der Waals surface area contributed by atoms with Gasteiger partial charge in [-0.1, -0.05) is 19.9 Å². The van der Waals surface area contributed by atoms with Crippen LogP contribution in [0.4, 0.5) is 0 Å². The number of methoxy groups -OCH3 is 1. The van der Waals surface area contributed by atoms with Crippen LogP contribution in [0.5, 0.6) is 11.6 Å². The summed E-state index contributed by atoms with van der Waals surface area (Å²) in [6.07, 6.45) is 7.86. The predicted molar refractivity (Wildman–Crippen MR) is 127 cm³/mol. The molecule has 1 saturated carbocycles. The van der Waals surface area contributed by atoms with E-state index in [2.05, 4.69) is 45.9 Å². The topological polar surface area (TPSA) is 74.1 Å². The summed E-state index contributed by atoms with van der Waals surface area (Å²) in [5.74, 6) is 4.10. The number of rotatable bonds is 6. The number of nitrogens with zero attached hydrogens (tertiary/aromatic N) is 4. The number of nitrogens with one attached hydrogen (secondary N) is 1. The fraction of sp³-hybridized carbons (Fsp3) is 0.500. The second-order valence-electron chi connectivity index (χ2n) is 9.49. The highest BCUT2D eigenvalue weighted by molar-refractivity contribution is 5.49. The molecule has 2 aliphatic rings. The summed E-state index contributed by atoms with van der Waals surface area (Å²) in [4.78, 5) is 4.31. The monoisotopic (exact) mass is 447 g/mol. The van der Waals surface area contributed by atoms with E-state index in [4.69, 9.17) is 14.6 Å². The minimum atomic E-state index is 0.207. The van der Waals surface area contributed by atoms with Crippen molar-refractivity contribution in [3.05, 3.63) is 59.8 Å². The summed E-state index contributed by atoms with van der Waals surface area (Å²) in [6.45, 7) is 4.39. The molecular weight excluding hydrogens is 414 g/mol. The van der Waals surface area contributed by atoms with E-state index >= 15 is 0 Å². The Bertz CT molecular complexity index is 1070. The Balaban J connectivity index is 1.40. The van der Waals surface area contributed by atoms with E-state index in [0.29, 0.717) is 23.9 Å². The van der Waals surface area contributed by atoms with Crippen molar-refractivity contribution >= 4 is 0 Å². The fourth-order valence-electron chi connectivity index (χ4n) is 5.23. The lowest BCUT2D eigenvalue weighted by Gasteiger charge is -2.28. The Kier molecular flexibility index (Phi) is 6.31. The van der Waals surface area contributed by atoms with E-state index in [0.717, 1.165) is 55.9 Å². The molecule has 33 heavy (non-hydrogen) atoms. The maximum atomic E-state index is 6.11. The summed E-state index contributed by atoms with van der Waals surface area (Å²) in [7, 11) is 1.73. The van der Waals surface area contributed by atoms with Crippen LogP contribution in [-0.4, -0.2) is 45.0 Å². The first-order chi connectivity index (χ1) is 16.1. The molecule has 0 saturated heterocycles. The van der Waals surface area contributed by atoms with Gasteiger partial charge < -0.3 is 14.8 Å². The Labute approximate surface area is 195 Å². The SMILES string of the molecule is COc1ccc2c(c1)CC(NC(C)C)Cc1nnc([C@H]3CC[C@H](Oc4ccccn4)CC3)n1-2. The first-order valence-corrected chi connectivity index (χ1v) is 12.1. The zero-order valence-corrected chi connectivity index (χ0v) is 19.7. The zero-order chi connectivity index (χ0) is 22.8. The number of aromatic nitrogens is 4. The second kappa shape index (κ2) is 9.51. The van der Waals surface area contributed by atoms with Gasteiger partial charge in [0.2, 0.25) is 5.88 Å². The van der Waals surface area contributed by atoms with Crippen molar-refractivity contribution in [2.24, 2.45) is 0 Å². The summed E-state index contributed by atoms with van der Waals surface area (Å²) in [6, 6.07) is 12.9. The third kappa shape index (κ3) is 4.74. The summed E-state index contributed by atoms with van der Waals surface area (Å²) in [5.41, 5.74) is 2.46. The first-order valence-electron chi connectivity index (χ1n) is 12.1. The van der Waals surface area contributed by atoms with Crippen LogP contribution in [0.25, 0.3) is 5.69 Å². The number of hydrogen-bond acceptors (Lipinski definition) is 6. The fourth-order valence-corrected chi connectivity index (χ4v) is 5.23. The van der Waals surface area contributed by atoms with Gasteiger partial charge in [-0.25, -0.2) is 4.98 Å². The van der Waals surface area contributed by atoms with Crippen LogP contribution in [0, 0.1) is 0 Å². The average Bonchev–Trinajstić information content (AvgIpc) is 3.16. The van der Waals surface area contributed by atoms with Crippen molar-refractivity contribution in [1.82, 2.24) is 25.1 Å². The van der Waals surface area contributed by atoms with Crippen LogP contribution in [0.2, 0.25) is 0 Å². The van der Waals surface area contributed by atoms with Gasteiger partial charge in [0.1, 0.15) is 23.5 Å². The molecule has 1 aliphatic carbocycles. The van der Waals surface area contributed by atoms with Crippen molar-refractivity contribution in [1.29, 1.82) is 0 Å². The van der Waals surface area contributed by atoms with E-state index in [1.54, 1.807) is 13.3 Å². The lowest BCUT2D eigenvalue weighted by molar-refractivity contribution is 0.139. The quantitative estimate of drug-likeness (QED) is 0.609. The predicted octanol–water partition coefficient (Wildman–Crippen LogP) is 4.24. The molecule has 1 aliphatic heterocycles. The van der Waals surface area contributed by atoms with E-state index in [-0.39, 0.29) is 6.10 Å². The molecule has 3 heterocycles. The molecule has 1 aromatic carbocycles. The van der Waals surface area contributed by atoms with Crippen molar-refractivity contribution in [2.45, 2.75) is 76.5 Å². The minimum Gasteiger partial charge on any atom is -0.497 e. The van der Waals surface area contributed by atoms with Gasteiger partial charge in [-0.3, -0.25) is 4.57 Å².